The number of piperidine rings is 1. The number of methoxy groups -OCH3 is 1. The maximum Gasteiger partial charge on any atom is 0.234 e. The van der Waals surface area contributed by atoms with Crippen LogP contribution in [0.1, 0.15) is 40.5 Å². The van der Waals surface area contributed by atoms with Crippen LogP contribution in [0, 0.1) is 5.92 Å². The van der Waals surface area contributed by atoms with E-state index in [1.54, 1.807) is 7.11 Å². The predicted octanol–water partition coefficient (Wildman–Crippen LogP) is 2.81. The van der Waals surface area contributed by atoms with E-state index < -0.39 is 0 Å². The maximum absolute atomic E-state index is 5.32. The summed E-state index contributed by atoms with van der Waals surface area (Å²) in [4.78, 5) is 11.2. The van der Waals surface area contributed by atoms with Gasteiger partial charge in [-0.1, -0.05) is 6.92 Å². The lowest BCUT2D eigenvalue weighted by Crippen LogP contribution is -2.43. The van der Waals surface area contributed by atoms with Crippen LogP contribution < -0.4 is 20.3 Å². The summed E-state index contributed by atoms with van der Waals surface area (Å²) in [6.07, 6.45) is 2.36. The third kappa shape index (κ3) is 5.49. The van der Waals surface area contributed by atoms with Gasteiger partial charge in [-0.05, 0) is 51.7 Å². The average Bonchev–Trinajstić information content (AvgIpc) is 2.45. The second-order valence-corrected chi connectivity index (χ2v) is 7.50. The van der Waals surface area contributed by atoms with Crippen LogP contribution in [0.15, 0.2) is 6.07 Å². The molecular weight excluding hydrogens is 310 g/mol. The second-order valence-electron chi connectivity index (χ2n) is 7.09. The predicted molar refractivity (Wildman–Crippen MR) is 98.3 cm³/mol. The molecule has 0 radical (unpaired) electrons. The number of nitrogens with one attached hydrogen (secondary N) is 2. The molecule has 1 aliphatic heterocycles. The van der Waals surface area contributed by atoms with E-state index in [1.165, 1.54) is 12.8 Å². The van der Waals surface area contributed by atoms with Crippen molar-refractivity contribution in [1.29, 1.82) is 0 Å². The van der Waals surface area contributed by atoms with Crippen LogP contribution in [-0.4, -0.2) is 40.8 Å². The highest BCUT2D eigenvalue weighted by Gasteiger charge is 2.19. The summed E-state index contributed by atoms with van der Waals surface area (Å²) in [5.74, 6) is 2.65. The Hall–Kier alpha value is -1.63. The van der Waals surface area contributed by atoms with Crippen LogP contribution in [0.25, 0.3) is 0 Å². The van der Waals surface area contributed by atoms with Gasteiger partial charge in [0.15, 0.2) is 5.11 Å². The molecule has 23 heavy (non-hydrogen) atoms. The molecule has 2 rings (SSSR count). The highest BCUT2D eigenvalue weighted by atomic mass is 32.1. The number of thiocarbonyl (C=S) groups is 1. The van der Waals surface area contributed by atoms with Gasteiger partial charge >= 0.3 is 0 Å². The van der Waals surface area contributed by atoms with Gasteiger partial charge in [0, 0.05) is 24.7 Å². The lowest BCUT2D eigenvalue weighted by Gasteiger charge is -2.31. The molecule has 1 aromatic rings. The lowest BCUT2D eigenvalue weighted by atomic mass is 9.99. The van der Waals surface area contributed by atoms with Crippen molar-refractivity contribution in [1.82, 2.24) is 15.3 Å². The molecule has 1 aliphatic rings. The summed E-state index contributed by atoms with van der Waals surface area (Å²) in [7, 11) is 1.61. The summed E-state index contributed by atoms with van der Waals surface area (Å²) >= 11 is 5.32. The highest BCUT2D eigenvalue weighted by molar-refractivity contribution is 7.80. The molecule has 1 saturated heterocycles. The Kier molecular flexibility index (Phi) is 5.62. The smallest absolute Gasteiger partial charge is 0.234 e. The molecular formula is C16H27N5OS. The van der Waals surface area contributed by atoms with Crippen LogP contribution in [0.3, 0.4) is 0 Å². The molecule has 1 aromatic heterocycles. The zero-order valence-electron chi connectivity index (χ0n) is 14.6. The van der Waals surface area contributed by atoms with E-state index in [0.717, 1.165) is 24.8 Å². The van der Waals surface area contributed by atoms with E-state index in [1.807, 2.05) is 26.8 Å². The fourth-order valence-electron chi connectivity index (χ4n) is 2.45. The lowest BCUT2D eigenvalue weighted by molar-refractivity contribution is 0.396. The minimum Gasteiger partial charge on any atom is -0.481 e. The van der Waals surface area contributed by atoms with Crippen LogP contribution in [-0.2, 0) is 0 Å². The first-order valence-corrected chi connectivity index (χ1v) is 8.45. The van der Waals surface area contributed by atoms with E-state index in [2.05, 4.69) is 32.4 Å². The third-order valence-corrected chi connectivity index (χ3v) is 3.92. The Balaban J connectivity index is 2.13. The Bertz CT molecular complexity index is 550. The van der Waals surface area contributed by atoms with Crippen molar-refractivity contribution in [3.63, 3.8) is 0 Å². The number of anilines is 2. The van der Waals surface area contributed by atoms with Gasteiger partial charge in [-0.25, -0.2) is 0 Å². The second kappa shape index (κ2) is 7.29. The summed E-state index contributed by atoms with van der Waals surface area (Å²) in [6.45, 7) is 10.5. The molecule has 0 aliphatic carbocycles. The summed E-state index contributed by atoms with van der Waals surface area (Å²) < 4.78 is 5.31. The molecule has 0 unspecified atom stereocenters. The average molecular weight is 337 g/mol. The first kappa shape index (κ1) is 17.7. The van der Waals surface area contributed by atoms with Crippen LogP contribution >= 0.6 is 12.2 Å². The Morgan fingerprint density at radius 1 is 1.30 bits per heavy atom. The van der Waals surface area contributed by atoms with Crippen molar-refractivity contribution in [2.45, 2.75) is 46.1 Å². The SMILES string of the molecule is COc1cc(N2CCC(C)CC2)nc(NC(=S)NC(C)(C)C)n1. The molecule has 0 bridgehead atoms. The van der Waals surface area contributed by atoms with Gasteiger partial charge in [-0.2, -0.15) is 9.97 Å². The first-order chi connectivity index (χ1) is 10.8. The van der Waals surface area contributed by atoms with Crippen molar-refractivity contribution in [2.75, 3.05) is 30.4 Å². The van der Waals surface area contributed by atoms with Crippen LogP contribution in [0.4, 0.5) is 11.8 Å². The summed E-state index contributed by atoms with van der Waals surface area (Å²) in [6, 6.07) is 1.88. The Morgan fingerprint density at radius 2 is 1.96 bits per heavy atom. The Morgan fingerprint density at radius 3 is 2.52 bits per heavy atom. The summed E-state index contributed by atoms with van der Waals surface area (Å²) in [5, 5.41) is 6.75. The van der Waals surface area contributed by atoms with E-state index in [4.69, 9.17) is 17.0 Å². The number of hydrogen-bond acceptors (Lipinski definition) is 5. The Labute approximate surface area is 144 Å². The number of rotatable bonds is 3. The van der Waals surface area contributed by atoms with Gasteiger partial charge in [0.1, 0.15) is 5.82 Å². The summed E-state index contributed by atoms with van der Waals surface area (Å²) in [5.41, 5.74) is -0.116. The van der Waals surface area contributed by atoms with Gasteiger partial charge in [-0.3, -0.25) is 0 Å². The fourth-order valence-corrected chi connectivity index (χ4v) is 2.84. The standard InChI is InChI=1S/C16H27N5OS/c1-11-6-8-21(9-7-11)12-10-13(22-5)18-14(17-12)19-15(23)20-16(2,3)4/h10-11H,6-9H2,1-5H3,(H2,17,18,19,20,23). The zero-order chi connectivity index (χ0) is 17.0. The molecule has 2 heterocycles. The fraction of sp³-hybridized carbons (Fsp3) is 0.688. The topological polar surface area (TPSA) is 62.3 Å². The largest absolute Gasteiger partial charge is 0.481 e. The molecule has 0 amide bonds. The monoisotopic (exact) mass is 337 g/mol. The molecule has 6 nitrogen and oxygen atoms in total. The maximum atomic E-state index is 5.32. The molecule has 0 spiro atoms. The van der Waals surface area contributed by atoms with Crippen molar-refractivity contribution in [3.8, 4) is 5.88 Å². The van der Waals surface area contributed by atoms with Gasteiger partial charge in [0.05, 0.1) is 7.11 Å². The number of hydrogen-bond donors (Lipinski definition) is 2. The molecule has 2 N–H and O–H groups in total. The molecule has 1 fully saturated rings. The quantitative estimate of drug-likeness (QED) is 0.822. The van der Waals surface area contributed by atoms with E-state index >= 15 is 0 Å². The van der Waals surface area contributed by atoms with E-state index in [-0.39, 0.29) is 5.54 Å². The molecule has 0 aromatic carbocycles. The molecule has 128 valence electrons. The highest BCUT2D eigenvalue weighted by Crippen LogP contribution is 2.25. The number of nitrogens with zero attached hydrogens (tertiary/aromatic N) is 3. The van der Waals surface area contributed by atoms with E-state index in [9.17, 15) is 0 Å². The minimum absolute atomic E-state index is 0.116. The van der Waals surface area contributed by atoms with Gasteiger partial charge < -0.3 is 20.3 Å². The van der Waals surface area contributed by atoms with Gasteiger partial charge in [0.25, 0.3) is 0 Å². The number of aromatic nitrogens is 2. The molecule has 7 heteroatoms. The molecule has 0 atom stereocenters. The van der Waals surface area contributed by atoms with E-state index in [0.29, 0.717) is 16.9 Å². The first-order valence-electron chi connectivity index (χ1n) is 8.04. The van der Waals surface area contributed by atoms with Crippen molar-refractivity contribution in [2.24, 2.45) is 5.92 Å². The van der Waals surface area contributed by atoms with Crippen molar-refractivity contribution in [3.05, 3.63) is 6.07 Å². The van der Waals surface area contributed by atoms with Gasteiger partial charge in [-0.15, -0.1) is 0 Å². The zero-order valence-corrected chi connectivity index (χ0v) is 15.5. The van der Waals surface area contributed by atoms with Crippen LogP contribution in [0.5, 0.6) is 5.88 Å². The molecule has 0 saturated carbocycles. The minimum atomic E-state index is -0.116. The number of ether oxygens (including phenoxy) is 1. The van der Waals surface area contributed by atoms with Gasteiger partial charge in [0.2, 0.25) is 11.8 Å². The third-order valence-electron chi connectivity index (χ3n) is 3.72. The van der Waals surface area contributed by atoms with Crippen molar-refractivity contribution >= 4 is 29.1 Å². The normalized spacial score (nSPS) is 16.1. The van der Waals surface area contributed by atoms with Crippen LogP contribution in [0.2, 0.25) is 0 Å². The van der Waals surface area contributed by atoms with Crippen molar-refractivity contribution < 1.29 is 4.74 Å².